The second kappa shape index (κ2) is 13.2. The largest absolute Gasteiger partial charge is 0.492 e. The minimum Gasteiger partial charge on any atom is -0.492 e. The van der Waals surface area contributed by atoms with E-state index in [1.165, 1.54) is 4.90 Å². The van der Waals surface area contributed by atoms with E-state index in [-0.39, 0.29) is 24.2 Å². The lowest BCUT2D eigenvalue weighted by atomic mass is 10.1. The molecule has 1 atom stereocenters. The van der Waals surface area contributed by atoms with Gasteiger partial charge in [0.2, 0.25) is 21.8 Å². The fourth-order valence-corrected chi connectivity index (χ4v) is 5.06. The average molecular weight is 559 g/mol. The summed E-state index contributed by atoms with van der Waals surface area (Å²) in [5.41, 5.74) is 0.691. The van der Waals surface area contributed by atoms with Crippen LogP contribution in [-0.2, 0) is 26.2 Å². The second-order valence-electron chi connectivity index (χ2n) is 8.48. The number of sulfonamides is 1. The van der Waals surface area contributed by atoms with E-state index in [9.17, 15) is 18.0 Å². The van der Waals surface area contributed by atoms with Crippen LogP contribution >= 0.6 is 23.2 Å². The molecule has 0 unspecified atom stereocenters. The lowest BCUT2D eigenvalue weighted by molar-refractivity contribution is -0.140. The molecule has 0 saturated carbocycles. The van der Waals surface area contributed by atoms with E-state index in [1.807, 2.05) is 13.8 Å². The van der Waals surface area contributed by atoms with Gasteiger partial charge in [-0.1, -0.05) is 48.3 Å². The topological polar surface area (TPSA) is 96.0 Å². The summed E-state index contributed by atoms with van der Waals surface area (Å²) in [5.74, 6) is -0.623. The number of hydrogen-bond acceptors (Lipinski definition) is 5. The summed E-state index contributed by atoms with van der Waals surface area (Å²) in [6, 6.07) is 10.5. The summed E-state index contributed by atoms with van der Waals surface area (Å²) in [6.07, 6.45) is 1.31. The van der Waals surface area contributed by atoms with Gasteiger partial charge >= 0.3 is 0 Å². The molecule has 0 aromatic heterocycles. The first kappa shape index (κ1) is 29.7. The minimum atomic E-state index is -3.90. The number of halogens is 2. The van der Waals surface area contributed by atoms with Crippen molar-refractivity contribution >= 4 is 50.7 Å². The molecule has 1 N–H and O–H groups in total. The Kier molecular flexibility index (Phi) is 10.9. The molecule has 0 saturated heterocycles. The monoisotopic (exact) mass is 557 g/mol. The fourth-order valence-electron chi connectivity index (χ4n) is 3.69. The molecular formula is C25H33Cl2N3O5S. The number of nitrogens with one attached hydrogen (secondary N) is 1. The van der Waals surface area contributed by atoms with Gasteiger partial charge in [0.1, 0.15) is 18.3 Å². The lowest BCUT2D eigenvalue weighted by Gasteiger charge is -2.33. The van der Waals surface area contributed by atoms with Gasteiger partial charge in [0.25, 0.3) is 0 Å². The Hall–Kier alpha value is -2.49. The van der Waals surface area contributed by atoms with Gasteiger partial charge in [-0.2, -0.15) is 0 Å². The highest BCUT2D eigenvalue weighted by Crippen LogP contribution is 2.31. The van der Waals surface area contributed by atoms with E-state index < -0.39 is 28.5 Å². The summed E-state index contributed by atoms with van der Waals surface area (Å²) < 4.78 is 32.2. The highest BCUT2D eigenvalue weighted by molar-refractivity contribution is 7.92. The third kappa shape index (κ3) is 7.75. The van der Waals surface area contributed by atoms with Crippen LogP contribution in [0.15, 0.2) is 42.5 Å². The number of carbonyl (C=O) groups is 2. The molecule has 0 heterocycles. The van der Waals surface area contributed by atoms with Gasteiger partial charge in [0, 0.05) is 28.2 Å². The predicted octanol–water partition coefficient (Wildman–Crippen LogP) is 4.49. The minimum absolute atomic E-state index is 0.0773. The number of amides is 2. The maximum Gasteiger partial charge on any atom is 0.244 e. The number of hydrogen-bond donors (Lipinski definition) is 1. The zero-order valence-corrected chi connectivity index (χ0v) is 23.5. The van der Waals surface area contributed by atoms with Gasteiger partial charge in [0.05, 0.1) is 18.6 Å². The Morgan fingerprint density at radius 3 is 2.17 bits per heavy atom. The number of anilines is 1. The normalized spacial score (nSPS) is 12.2. The van der Waals surface area contributed by atoms with Gasteiger partial charge in [-0.05, 0) is 51.5 Å². The smallest absolute Gasteiger partial charge is 0.244 e. The van der Waals surface area contributed by atoms with Crippen LogP contribution in [0.3, 0.4) is 0 Å². The maximum absolute atomic E-state index is 13.8. The summed E-state index contributed by atoms with van der Waals surface area (Å²) >= 11 is 12.7. The number of rotatable bonds is 12. The molecule has 0 bridgehead atoms. The van der Waals surface area contributed by atoms with Crippen LogP contribution in [0.1, 0.15) is 39.7 Å². The summed E-state index contributed by atoms with van der Waals surface area (Å²) in [4.78, 5) is 28.2. The highest BCUT2D eigenvalue weighted by atomic mass is 35.5. The third-order valence-electron chi connectivity index (χ3n) is 5.32. The van der Waals surface area contributed by atoms with Crippen molar-refractivity contribution in [3.8, 4) is 5.75 Å². The third-order valence-corrected chi connectivity index (χ3v) is 7.15. The van der Waals surface area contributed by atoms with E-state index in [4.69, 9.17) is 27.9 Å². The van der Waals surface area contributed by atoms with E-state index in [0.717, 1.165) is 10.6 Å². The quantitative estimate of drug-likeness (QED) is 0.414. The highest BCUT2D eigenvalue weighted by Gasteiger charge is 2.33. The molecule has 2 aromatic rings. The van der Waals surface area contributed by atoms with Gasteiger partial charge < -0.3 is 15.0 Å². The number of ether oxygens (including phenoxy) is 1. The number of benzene rings is 2. The number of para-hydroxylation sites is 2. The van der Waals surface area contributed by atoms with Crippen molar-refractivity contribution in [1.29, 1.82) is 0 Å². The van der Waals surface area contributed by atoms with Gasteiger partial charge in [-0.25, -0.2) is 8.42 Å². The number of carbonyl (C=O) groups excluding carboxylic acids is 2. The summed E-state index contributed by atoms with van der Waals surface area (Å²) in [5, 5.41) is 3.50. The molecule has 0 aliphatic heterocycles. The molecule has 2 aromatic carbocycles. The van der Waals surface area contributed by atoms with Crippen LogP contribution < -0.4 is 14.4 Å². The molecule has 0 spiro atoms. The van der Waals surface area contributed by atoms with E-state index in [1.54, 1.807) is 56.3 Å². The molecule has 0 radical (unpaired) electrons. The van der Waals surface area contributed by atoms with Crippen LogP contribution in [0.2, 0.25) is 10.0 Å². The molecule has 198 valence electrons. The van der Waals surface area contributed by atoms with Crippen molar-refractivity contribution in [2.24, 2.45) is 0 Å². The van der Waals surface area contributed by atoms with Crippen molar-refractivity contribution < 1.29 is 22.7 Å². The van der Waals surface area contributed by atoms with Crippen molar-refractivity contribution in [2.75, 3.05) is 23.7 Å². The van der Waals surface area contributed by atoms with Gasteiger partial charge in [-0.15, -0.1) is 0 Å². The van der Waals surface area contributed by atoms with E-state index >= 15 is 0 Å². The first-order valence-corrected chi connectivity index (χ1v) is 14.2. The predicted molar refractivity (Wildman–Crippen MR) is 144 cm³/mol. The van der Waals surface area contributed by atoms with Crippen molar-refractivity contribution in [3.63, 3.8) is 0 Å². The van der Waals surface area contributed by atoms with E-state index in [2.05, 4.69) is 5.32 Å². The first-order valence-electron chi connectivity index (χ1n) is 11.6. The zero-order valence-electron chi connectivity index (χ0n) is 21.1. The van der Waals surface area contributed by atoms with E-state index in [0.29, 0.717) is 34.4 Å². The van der Waals surface area contributed by atoms with Gasteiger partial charge in [0.15, 0.2) is 0 Å². The fraction of sp³-hybridized carbons (Fsp3) is 0.440. The maximum atomic E-state index is 13.8. The van der Waals surface area contributed by atoms with Crippen LogP contribution in [0.25, 0.3) is 0 Å². The molecule has 0 aliphatic carbocycles. The summed E-state index contributed by atoms with van der Waals surface area (Å²) in [7, 11) is -3.90. The first-order chi connectivity index (χ1) is 16.9. The van der Waals surface area contributed by atoms with Crippen LogP contribution in [0, 0.1) is 0 Å². The molecule has 2 rings (SSSR count). The van der Waals surface area contributed by atoms with Crippen molar-refractivity contribution in [3.05, 3.63) is 58.1 Å². The Balaban J connectivity index is 2.55. The number of nitrogens with zero attached hydrogens (tertiary/aromatic N) is 2. The second-order valence-corrected chi connectivity index (χ2v) is 11.2. The van der Waals surface area contributed by atoms with Gasteiger partial charge in [-0.3, -0.25) is 13.9 Å². The Labute approximate surface area is 223 Å². The zero-order chi connectivity index (χ0) is 27.0. The molecule has 0 aliphatic rings. The Bertz CT molecular complexity index is 1150. The standard InChI is InChI=1S/C25H33Cl2N3O5S/c1-6-21(25(32)28-17(3)4)29(15-18-19(26)11-10-12-20(18)27)24(31)16-30(36(5,33)34)22-13-8-9-14-23(22)35-7-2/h8-14,17,21H,6-7,15-16H2,1-5H3,(H,28,32)/t21-/m0/s1. The molecule has 0 fully saturated rings. The van der Waals surface area contributed by atoms with Crippen molar-refractivity contribution in [1.82, 2.24) is 10.2 Å². The SMILES string of the molecule is CCOc1ccccc1N(CC(=O)N(Cc1c(Cl)cccc1Cl)[C@@H](CC)C(=O)NC(C)C)S(C)(=O)=O. The van der Waals surface area contributed by atoms with Crippen LogP contribution in [0.5, 0.6) is 5.75 Å². The lowest BCUT2D eigenvalue weighted by Crippen LogP contribution is -2.53. The van der Waals surface area contributed by atoms with Crippen LogP contribution in [0.4, 0.5) is 5.69 Å². The molecule has 2 amide bonds. The Morgan fingerprint density at radius 2 is 1.64 bits per heavy atom. The van der Waals surface area contributed by atoms with Crippen LogP contribution in [-0.4, -0.2) is 56.6 Å². The molecule has 11 heteroatoms. The average Bonchev–Trinajstić information content (AvgIpc) is 2.78. The molecular weight excluding hydrogens is 525 g/mol. The molecule has 36 heavy (non-hydrogen) atoms. The Morgan fingerprint density at radius 1 is 1.03 bits per heavy atom. The van der Waals surface area contributed by atoms with Crippen molar-refractivity contribution in [2.45, 2.75) is 52.7 Å². The summed E-state index contributed by atoms with van der Waals surface area (Å²) in [6.45, 7) is 6.88. The molecule has 8 nitrogen and oxygen atoms in total.